The van der Waals surface area contributed by atoms with Gasteiger partial charge in [-0.2, -0.15) is 8.78 Å². The molecule has 0 spiro atoms. The molecular formula is C22H24F2N2O3. The fraction of sp³-hybridized carbons (Fsp3) is 0.409. The molecule has 1 N–H and O–H groups in total. The van der Waals surface area contributed by atoms with E-state index in [0.29, 0.717) is 18.5 Å². The molecule has 0 aliphatic heterocycles. The average molecular weight is 402 g/mol. The number of amides is 1. The van der Waals surface area contributed by atoms with E-state index in [-0.39, 0.29) is 29.3 Å². The Labute approximate surface area is 168 Å². The first kappa shape index (κ1) is 20.9. The number of nitrogens with zero attached hydrogens (tertiary/aromatic N) is 1. The molecule has 0 unspecified atom stereocenters. The normalized spacial score (nSPS) is 21.0. The summed E-state index contributed by atoms with van der Waals surface area (Å²) < 4.78 is 30.0. The lowest BCUT2D eigenvalue weighted by atomic mass is 9.57. The number of alkyl halides is 2. The summed E-state index contributed by atoms with van der Waals surface area (Å²) in [7, 11) is 0. The van der Waals surface area contributed by atoms with Crippen LogP contribution in [0, 0.1) is 12.8 Å². The summed E-state index contributed by atoms with van der Waals surface area (Å²) in [5, 5.41) is 2.72. The summed E-state index contributed by atoms with van der Waals surface area (Å²) in [5.41, 5.74) is 1.56. The van der Waals surface area contributed by atoms with Crippen LogP contribution in [0.2, 0.25) is 0 Å². The van der Waals surface area contributed by atoms with E-state index in [2.05, 4.69) is 15.0 Å². The predicted molar refractivity (Wildman–Crippen MR) is 105 cm³/mol. The summed E-state index contributed by atoms with van der Waals surface area (Å²) in [5.74, 6) is -0.709. The van der Waals surface area contributed by atoms with Crippen molar-refractivity contribution in [1.82, 2.24) is 4.98 Å². The van der Waals surface area contributed by atoms with Gasteiger partial charge in [-0.1, -0.05) is 38.1 Å². The van der Waals surface area contributed by atoms with Gasteiger partial charge in [-0.25, -0.2) is 4.98 Å². The number of carbonyl (C=O) groups excluding carboxylic acids is 2. The molecule has 1 saturated carbocycles. The van der Waals surface area contributed by atoms with Crippen LogP contribution in [0.3, 0.4) is 0 Å². The van der Waals surface area contributed by atoms with Crippen molar-refractivity contribution in [2.24, 2.45) is 5.92 Å². The number of benzene rings is 1. The Hall–Kier alpha value is -2.83. The number of hydrogen-bond acceptors (Lipinski definition) is 4. The van der Waals surface area contributed by atoms with Gasteiger partial charge in [0.05, 0.1) is 5.41 Å². The molecule has 154 valence electrons. The number of rotatable bonds is 7. The minimum absolute atomic E-state index is 0.0804. The van der Waals surface area contributed by atoms with Gasteiger partial charge in [0.15, 0.2) is 0 Å². The fourth-order valence-electron chi connectivity index (χ4n) is 3.94. The molecule has 1 aromatic heterocycles. The zero-order chi connectivity index (χ0) is 21.2. The number of carbonyl (C=O) groups is 2. The molecule has 7 heteroatoms. The monoisotopic (exact) mass is 402 g/mol. The van der Waals surface area contributed by atoms with Crippen LogP contribution in [0.15, 0.2) is 36.4 Å². The van der Waals surface area contributed by atoms with Crippen LogP contribution in [0.4, 0.5) is 14.5 Å². The van der Waals surface area contributed by atoms with Crippen LogP contribution in [0.25, 0.3) is 0 Å². The Bertz CT molecular complexity index is 909. The SMILES string of the molecule is Cc1ccc(NC(=O)C2(c3ccccc3C(C)C)CC(C=O)C2)c(OC(F)F)n1. The largest absolute Gasteiger partial charge is 0.415 e. The maximum atomic E-state index is 13.4. The standard InChI is InChI=1S/C22H24F2N2O3/c1-13(2)16-6-4-5-7-17(16)22(10-15(11-22)12-27)20(28)26-18-9-8-14(3)25-19(18)29-21(23)24/h4-9,12-13,15,21H,10-11H2,1-3H3,(H,26,28). The van der Waals surface area contributed by atoms with Crippen molar-refractivity contribution in [3.05, 3.63) is 53.2 Å². The van der Waals surface area contributed by atoms with Crippen molar-refractivity contribution in [2.75, 3.05) is 5.32 Å². The number of ether oxygens (including phenoxy) is 1. The van der Waals surface area contributed by atoms with Crippen LogP contribution in [-0.2, 0) is 15.0 Å². The van der Waals surface area contributed by atoms with Gasteiger partial charge in [0, 0.05) is 11.6 Å². The maximum Gasteiger partial charge on any atom is 0.388 e. The highest BCUT2D eigenvalue weighted by atomic mass is 19.3. The summed E-state index contributed by atoms with van der Waals surface area (Å²) in [6.07, 6.45) is 1.61. The molecule has 2 aromatic rings. The van der Waals surface area contributed by atoms with Crippen molar-refractivity contribution in [2.45, 2.75) is 51.6 Å². The van der Waals surface area contributed by atoms with Crippen LogP contribution >= 0.6 is 0 Å². The zero-order valence-electron chi connectivity index (χ0n) is 16.6. The third-order valence-corrected chi connectivity index (χ3v) is 5.40. The smallest absolute Gasteiger partial charge is 0.388 e. The van der Waals surface area contributed by atoms with Gasteiger partial charge in [-0.05, 0) is 48.9 Å². The van der Waals surface area contributed by atoms with E-state index >= 15 is 0 Å². The summed E-state index contributed by atoms with van der Waals surface area (Å²) in [4.78, 5) is 28.6. The molecule has 0 bridgehead atoms. The first-order valence-corrected chi connectivity index (χ1v) is 9.55. The number of aldehydes is 1. The number of pyridine rings is 1. The topological polar surface area (TPSA) is 68.3 Å². The van der Waals surface area contributed by atoms with E-state index in [1.165, 1.54) is 6.07 Å². The summed E-state index contributed by atoms with van der Waals surface area (Å²) in [6.45, 7) is 2.67. The third-order valence-electron chi connectivity index (χ3n) is 5.40. The van der Waals surface area contributed by atoms with Crippen molar-refractivity contribution in [1.29, 1.82) is 0 Å². The van der Waals surface area contributed by atoms with Gasteiger partial charge in [-0.15, -0.1) is 0 Å². The van der Waals surface area contributed by atoms with E-state index in [1.54, 1.807) is 13.0 Å². The number of anilines is 1. The molecule has 1 fully saturated rings. The minimum atomic E-state index is -3.06. The second kappa shape index (κ2) is 8.27. The van der Waals surface area contributed by atoms with Gasteiger partial charge in [0.2, 0.25) is 11.8 Å². The molecule has 1 heterocycles. The highest BCUT2D eigenvalue weighted by Crippen LogP contribution is 2.50. The van der Waals surface area contributed by atoms with Crippen molar-refractivity contribution in [3.63, 3.8) is 0 Å². The van der Waals surface area contributed by atoms with E-state index in [1.807, 2.05) is 38.1 Å². The second-order valence-corrected chi connectivity index (χ2v) is 7.77. The zero-order valence-corrected chi connectivity index (χ0v) is 16.6. The fourth-order valence-corrected chi connectivity index (χ4v) is 3.94. The lowest BCUT2D eigenvalue weighted by Crippen LogP contribution is -2.51. The first-order chi connectivity index (χ1) is 13.8. The quantitative estimate of drug-likeness (QED) is 0.688. The number of hydrogen-bond donors (Lipinski definition) is 1. The molecule has 5 nitrogen and oxygen atoms in total. The van der Waals surface area contributed by atoms with E-state index in [9.17, 15) is 18.4 Å². The van der Waals surface area contributed by atoms with E-state index in [0.717, 1.165) is 17.4 Å². The Morgan fingerprint density at radius 1 is 1.24 bits per heavy atom. The molecule has 3 rings (SSSR count). The average Bonchev–Trinajstić information content (AvgIpc) is 2.63. The van der Waals surface area contributed by atoms with Crippen LogP contribution in [-0.4, -0.2) is 23.8 Å². The van der Waals surface area contributed by atoms with E-state index in [4.69, 9.17) is 0 Å². The Balaban J connectivity index is 1.98. The molecule has 1 aromatic carbocycles. The van der Waals surface area contributed by atoms with Gasteiger partial charge in [0.1, 0.15) is 12.0 Å². The third kappa shape index (κ3) is 4.13. The lowest BCUT2D eigenvalue weighted by molar-refractivity contribution is -0.129. The Kier molecular flexibility index (Phi) is 5.96. The van der Waals surface area contributed by atoms with Crippen molar-refractivity contribution >= 4 is 17.9 Å². The molecule has 0 saturated heterocycles. The molecular weight excluding hydrogens is 378 g/mol. The van der Waals surface area contributed by atoms with Gasteiger partial charge < -0.3 is 14.8 Å². The molecule has 0 radical (unpaired) electrons. The number of nitrogens with one attached hydrogen (secondary N) is 1. The second-order valence-electron chi connectivity index (χ2n) is 7.77. The van der Waals surface area contributed by atoms with Crippen molar-refractivity contribution in [3.8, 4) is 5.88 Å². The first-order valence-electron chi connectivity index (χ1n) is 9.55. The van der Waals surface area contributed by atoms with Crippen molar-refractivity contribution < 1.29 is 23.1 Å². The number of aromatic nitrogens is 1. The highest BCUT2D eigenvalue weighted by molar-refractivity contribution is 6.01. The molecule has 1 amide bonds. The Morgan fingerprint density at radius 2 is 1.93 bits per heavy atom. The van der Waals surface area contributed by atoms with Crippen LogP contribution in [0.5, 0.6) is 5.88 Å². The van der Waals surface area contributed by atoms with E-state index < -0.39 is 12.0 Å². The Morgan fingerprint density at radius 3 is 2.55 bits per heavy atom. The molecule has 29 heavy (non-hydrogen) atoms. The minimum Gasteiger partial charge on any atom is -0.415 e. The highest BCUT2D eigenvalue weighted by Gasteiger charge is 2.52. The van der Waals surface area contributed by atoms with Gasteiger partial charge >= 0.3 is 6.61 Å². The molecule has 1 aliphatic carbocycles. The maximum absolute atomic E-state index is 13.4. The van der Waals surface area contributed by atoms with Gasteiger partial charge in [0.25, 0.3) is 0 Å². The number of halogens is 2. The lowest BCUT2D eigenvalue weighted by Gasteiger charge is -2.45. The summed E-state index contributed by atoms with van der Waals surface area (Å²) >= 11 is 0. The van der Waals surface area contributed by atoms with Crippen LogP contribution < -0.4 is 10.1 Å². The predicted octanol–water partition coefficient (Wildman–Crippen LogP) is 4.60. The molecule has 1 aliphatic rings. The number of aryl methyl sites for hydroxylation is 1. The molecule has 0 atom stereocenters. The van der Waals surface area contributed by atoms with Crippen LogP contribution in [0.1, 0.15) is 49.4 Å². The summed E-state index contributed by atoms with van der Waals surface area (Å²) in [6, 6.07) is 10.8. The van der Waals surface area contributed by atoms with Gasteiger partial charge in [-0.3, -0.25) is 4.79 Å².